The Morgan fingerprint density at radius 1 is 1.28 bits per heavy atom. The van der Waals surface area contributed by atoms with E-state index in [-0.39, 0.29) is 18.1 Å². The fourth-order valence-corrected chi connectivity index (χ4v) is 2.07. The van der Waals surface area contributed by atoms with Crippen molar-refractivity contribution < 1.29 is 19.8 Å². The van der Waals surface area contributed by atoms with Crippen LogP contribution in [0.1, 0.15) is 24.8 Å². The molecule has 96 valence electrons. The summed E-state index contributed by atoms with van der Waals surface area (Å²) in [7, 11) is 0. The number of nitrogens with one attached hydrogen (secondary N) is 1. The van der Waals surface area contributed by atoms with Gasteiger partial charge in [-0.2, -0.15) is 0 Å². The fourth-order valence-electron chi connectivity index (χ4n) is 2.07. The minimum atomic E-state index is -1.10. The van der Waals surface area contributed by atoms with Crippen LogP contribution in [0.5, 0.6) is 5.75 Å². The number of hydrogen-bond donors (Lipinski definition) is 3. The molecule has 1 aromatic carbocycles. The highest BCUT2D eigenvalue weighted by molar-refractivity contribution is 5.88. The Bertz CT molecular complexity index is 480. The third-order valence-corrected chi connectivity index (χ3v) is 3.34. The SMILES string of the molecule is O=C(Cc1ccccc1O)NC1(C(=O)O)CCC1. The van der Waals surface area contributed by atoms with Gasteiger partial charge in [-0.25, -0.2) is 4.79 Å². The summed E-state index contributed by atoms with van der Waals surface area (Å²) in [5.74, 6) is -1.32. The highest BCUT2D eigenvalue weighted by Crippen LogP contribution is 2.32. The summed E-state index contributed by atoms with van der Waals surface area (Å²) in [4.78, 5) is 22.9. The van der Waals surface area contributed by atoms with Crippen LogP contribution in [0, 0.1) is 0 Å². The van der Waals surface area contributed by atoms with Crippen molar-refractivity contribution in [2.24, 2.45) is 0 Å². The van der Waals surface area contributed by atoms with Crippen molar-refractivity contribution in [3.63, 3.8) is 0 Å². The second kappa shape index (κ2) is 4.68. The van der Waals surface area contributed by atoms with E-state index in [1.807, 2.05) is 0 Å². The molecule has 1 aliphatic rings. The molecule has 3 N–H and O–H groups in total. The highest BCUT2D eigenvalue weighted by atomic mass is 16.4. The van der Waals surface area contributed by atoms with E-state index in [1.54, 1.807) is 18.2 Å². The molecule has 5 heteroatoms. The lowest BCUT2D eigenvalue weighted by Crippen LogP contribution is -2.59. The first-order valence-electron chi connectivity index (χ1n) is 5.85. The van der Waals surface area contributed by atoms with E-state index < -0.39 is 11.5 Å². The molecular weight excluding hydrogens is 234 g/mol. The number of amides is 1. The molecule has 1 fully saturated rings. The Morgan fingerprint density at radius 3 is 2.44 bits per heavy atom. The zero-order chi connectivity index (χ0) is 13.2. The van der Waals surface area contributed by atoms with Gasteiger partial charge in [-0.1, -0.05) is 18.2 Å². The standard InChI is InChI=1S/C13H15NO4/c15-10-5-2-1-4-9(10)8-11(16)14-13(12(17)18)6-3-7-13/h1-2,4-5,15H,3,6-8H2,(H,14,16)(H,17,18). The number of carbonyl (C=O) groups excluding carboxylic acids is 1. The monoisotopic (exact) mass is 249 g/mol. The molecule has 0 radical (unpaired) electrons. The molecule has 0 bridgehead atoms. The minimum absolute atomic E-state index is 0.0122. The minimum Gasteiger partial charge on any atom is -0.508 e. The van der Waals surface area contributed by atoms with Crippen LogP contribution < -0.4 is 5.32 Å². The van der Waals surface area contributed by atoms with Crippen LogP contribution in [0.2, 0.25) is 0 Å². The van der Waals surface area contributed by atoms with Crippen LogP contribution in [-0.2, 0) is 16.0 Å². The van der Waals surface area contributed by atoms with E-state index in [0.29, 0.717) is 18.4 Å². The summed E-state index contributed by atoms with van der Waals surface area (Å²) < 4.78 is 0. The lowest BCUT2D eigenvalue weighted by atomic mass is 9.76. The van der Waals surface area contributed by atoms with Gasteiger partial charge in [-0.3, -0.25) is 4.79 Å². The van der Waals surface area contributed by atoms with E-state index in [0.717, 1.165) is 6.42 Å². The third-order valence-electron chi connectivity index (χ3n) is 3.34. The number of phenolic OH excluding ortho intramolecular Hbond substituents is 1. The zero-order valence-electron chi connectivity index (χ0n) is 9.85. The molecule has 1 aliphatic carbocycles. The Morgan fingerprint density at radius 2 is 1.94 bits per heavy atom. The first-order valence-corrected chi connectivity index (χ1v) is 5.85. The van der Waals surface area contributed by atoms with Crippen LogP contribution in [0.3, 0.4) is 0 Å². The van der Waals surface area contributed by atoms with Gasteiger partial charge in [0.2, 0.25) is 5.91 Å². The maximum Gasteiger partial charge on any atom is 0.329 e. The normalized spacial score (nSPS) is 16.7. The predicted molar refractivity (Wildman–Crippen MR) is 64.2 cm³/mol. The molecule has 0 unspecified atom stereocenters. The van der Waals surface area contributed by atoms with Gasteiger partial charge in [0.25, 0.3) is 0 Å². The number of hydrogen-bond acceptors (Lipinski definition) is 3. The number of para-hydroxylation sites is 1. The number of rotatable bonds is 4. The summed E-state index contributed by atoms with van der Waals surface area (Å²) in [5, 5.41) is 21.2. The Kier molecular flexibility index (Phi) is 3.23. The molecule has 5 nitrogen and oxygen atoms in total. The van der Waals surface area contributed by atoms with E-state index >= 15 is 0 Å². The lowest BCUT2D eigenvalue weighted by molar-refractivity contribution is -0.151. The summed E-state index contributed by atoms with van der Waals surface area (Å²) in [6, 6.07) is 6.53. The van der Waals surface area contributed by atoms with E-state index in [1.165, 1.54) is 6.07 Å². The lowest BCUT2D eigenvalue weighted by Gasteiger charge is -2.38. The van der Waals surface area contributed by atoms with Crippen LogP contribution in [-0.4, -0.2) is 27.6 Å². The first kappa shape index (κ1) is 12.4. The van der Waals surface area contributed by atoms with E-state index in [2.05, 4.69) is 5.32 Å². The number of carbonyl (C=O) groups is 2. The number of carboxylic acids is 1. The van der Waals surface area contributed by atoms with Gasteiger partial charge < -0.3 is 15.5 Å². The summed E-state index contributed by atoms with van der Waals surface area (Å²) in [6.45, 7) is 0. The van der Waals surface area contributed by atoms with Gasteiger partial charge in [0.15, 0.2) is 0 Å². The van der Waals surface area contributed by atoms with Crippen molar-refractivity contribution in [2.45, 2.75) is 31.2 Å². The molecule has 1 saturated carbocycles. The molecule has 1 aromatic rings. The fraction of sp³-hybridized carbons (Fsp3) is 0.385. The maximum atomic E-state index is 11.8. The first-order chi connectivity index (χ1) is 8.53. The number of carboxylic acid groups (broad SMARTS) is 1. The quantitative estimate of drug-likeness (QED) is 0.744. The molecule has 18 heavy (non-hydrogen) atoms. The van der Waals surface area contributed by atoms with Crippen molar-refractivity contribution in [3.8, 4) is 5.75 Å². The number of phenols is 1. The smallest absolute Gasteiger partial charge is 0.329 e. The highest BCUT2D eigenvalue weighted by Gasteiger charge is 2.45. The average molecular weight is 249 g/mol. The molecule has 0 aromatic heterocycles. The van der Waals surface area contributed by atoms with Crippen molar-refractivity contribution in [2.75, 3.05) is 0 Å². The van der Waals surface area contributed by atoms with E-state index in [9.17, 15) is 14.7 Å². The molecule has 2 rings (SSSR count). The molecular formula is C13H15NO4. The molecule has 0 aliphatic heterocycles. The summed E-state index contributed by atoms with van der Waals surface area (Å²) in [5.41, 5.74) is -0.601. The van der Waals surface area contributed by atoms with Gasteiger partial charge in [0.1, 0.15) is 11.3 Å². The second-order valence-electron chi connectivity index (χ2n) is 4.59. The number of aromatic hydroxyl groups is 1. The summed E-state index contributed by atoms with van der Waals surface area (Å²) in [6.07, 6.45) is 1.73. The van der Waals surface area contributed by atoms with Gasteiger partial charge in [-0.15, -0.1) is 0 Å². The Balaban J connectivity index is 2.01. The van der Waals surface area contributed by atoms with Crippen molar-refractivity contribution in [1.82, 2.24) is 5.32 Å². The van der Waals surface area contributed by atoms with Crippen LogP contribution >= 0.6 is 0 Å². The molecule has 0 spiro atoms. The van der Waals surface area contributed by atoms with E-state index in [4.69, 9.17) is 5.11 Å². The van der Waals surface area contributed by atoms with Crippen LogP contribution in [0.25, 0.3) is 0 Å². The third kappa shape index (κ3) is 2.30. The predicted octanol–water partition coefficient (Wildman–Crippen LogP) is 1.06. The van der Waals surface area contributed by atoms with Gasteiger partial charge in [0, 0.05) is 5.56 Å². The largest absolute Gasteiger partial charge is 0.508 e. The Labute approximate surface area is 104 Å². The van der Waals surface area contributed by atoms with Gasteiger partial charge in [0.05, 0.1) is 6.42 Å². The van der Waals surface area contributed by atoms with Crippen molar-refractivity contribution in [1.29, 1.82) is 0 Å². The molecule has 0 atom stereocenters. The van der Waals surface area contributed by atoms with Gasteiger partial charge in [-0.05, 0) is 25.3 Å². The molecule has 0 saturated heterocycles. The van der Waals surface area contributed by atoms with Crippen molar-refractivity contribution >= 4 is 11.9 Å². The average Bonchev–Trinajstić information content (AvgIpc) is 2.26. The molecule has 0 heterocycles. The van der Waals surface area contributed by atoms with Gasteiger partial charge >= 0.3 is 5.97 Å². The Hall–Kier alpha value is -2.04. The second-order valence-corrected chi connectivity index (χ2v) is 4.59. The maximum absolute atomic E-state index is 11.8. The van der Waals surface area contributed by atoms with Crippen LogP contribution in [0.4, 0.5) is 0 Å². The zero-order valence-corrected chi connectivity index (χ0v) is 9.85. The van der Waals surface area contributed by atoms with Crippen molar-refractivity contribution in [3.05, 3.63) is 29.8 Å². The summed E-state index contributed by atoms with van der Waals surface area (Å²) >= 11 is 0. The number of benzene rings is 1. The molecule has 1 amide bonds. The number of aliphatic carboxylic acids is 1. The topological polar surface area (TPSA) is 86.6 Å². The van der Waals surface area contributed by atoms with Crippen LogP contribution in [0.15, 0.2) is 24.3 Å².